The third-order valence-electron chi connectivity index (χ3n) is 5.82. The molecule has 1 aliphatic heterocycles. The molecule has 138 valence electrons. The Morgan fingerprint density at radius 3 is 2.22 bits per heavy atom. The average Bonchev–Trinajstić information content (AvgIpc) is 2.55. The van der Waals surface area contributed by atoms with Crippen LogP contribution in [-0.4, -0.2) is 55.0 Å². The lowest BCUT2D eigenvalue weighted by Crippen LogP contribution is -2.47. The molecule has 2 fully saturated rings. The molecule has 2 rings (SSSR count). The molecule has 23 heavy (non-hydrogen) atoms. The zero-order valence-electron chi connectivity index (χ0n) is 14.8. The second-order valence-electron chi connectivity index (χ2n) is 7.11. The maximum Gasteiger partial charge on any atom is 0.223 e. The molecular weight excluding hydrogens is 333 g/mol. The van der Waals surface area contributed by atoms with Crippen LogP contribution in [0.25, 0.3) is 0 Å². The first-order chi connectivity index (χ1) is 10.1. The van der Waals surface area contributed by atoms with Crippen molar-refractivity contribution in [1.29, 1.82) is 0 Å². The van der Waals surface area contributed by atoms with Crippen LogP contribution in [0.5, 0.6) is 0 Å². The van der Waals surface area contributed by atoms with Gasteiger partial charge in [0, 0.05) is 32.6 Å². The standard InChI is InChI=1S/C17H33N3O.2ClH/c1-3-20-11-7-15(8-12-20)19(2)16(21)13-17(14-18)9-5-4-6-10-17;;/h15H,3-14,18H2,1-2H3;2*1H. The van der Waals surface area contributed by atoms with Crippen molar-refractivity contribution in [1.82, 2.24) is 9.80 Å². The number of nitrogens with zero attached hydrogens (tertiary/aromatic N) is 2. The molecule has 0 aromatic carbocycles. The first kappa shape index (κ1) is 23.0. The Hall–Kier alpha value is -0.0300. The predicted octanol–water partition coefficient (Wildman–Crippen LogP) is 3.07. The van der Waals surface area contributed by atoms with Crippen LogP contribution in [-0.2, 0) is 4.79 Å². The molecule has 0 spiro atoms. The van der Waals surface area contributed by atoms with Crippen molar-refractivity contribution in [2.24, 2.45) is 11.1 Å². The van der Waals surface area contributed by atoms with Gasteiger partial charge < -0.3 is 15.5 Å². The number of hydrogen-bond acceptors (Lipinski definition) is 3. The zero-order chi connectivity index (χ0) is 15.3. The Labute approximate surface area is 154 Å². The fourth-order valence-electron chi connectivity index (χ4n) is 4.03. The number of amides is 1. The summed E-state index contributed by atoms with van der Waals surface area (Å²) in [5.74, 6) is 0.317. The van der Waals surface area contributed by atoms with E-state index < -0.39 is 0 Å². The molecule has 1 amide bonds. The minimum absolute atomic E-state index is 0. The molecule has 2 N–H and O–H groups in total. The van der Waals surface area contributed by atoms with Gasteiger partial charge in [0.2, 0.25) is 5.91 Å². The molecule has 6 heteroatoms. The van der Waals surface area contributed by atoms with E-state index in [0.717, 1.165) is 45.3 Å². The first-order valence-corrected chi connectivity index (χ1v) is 8.78. The van der Waals surface area contributed by atoms with E-state index in [-0.39, 0.29) is 30.2 Å². The highest BCUT2D eigenvalue weighted by Crippen LogP contribution is 2.39. The molecule has 0 unspecified atom stereocenters. The molecule has 0 aromatic heterocycles. The molecule has 0 bridgehead atoms. The van der Waals surface area contributed by atoms with Crippen LogP contribution in [0.15, 0.2) is 0 Å². The van der Waals surface area contributed by atoms with E-state index in [1.54, 1.807) is 0 Å². The molecular formula is C17H35Cl2N3O. The maximum atomic E-state index is 12.7. The summed E-state index contributed by atoms with van der Waals surface area (Å²) in [6, 6.07) is 0.429. The van der Waals surface area contributed by atoms with Crippen LogP contribution < -0.4 is 5.73 Å². The van der Waals surface area contributed by atoms with E-state index >= 15 is 0 Å². The lowest BCUT2D eigenvalue weighted by atomic mass is 9.71. The van der Waals surface area contributed by atoms with Crippen molar-refractivity contribution in [2.75, 3.05) is 33.2 Å². The zero-order valence-corrected chi connectivity index (χ0v) is 16.4. The third-order valence-corrected chi connectivity index (χ3v) is 5.82. The van der Waals surface area contributed by atoms with Crippen molar-refractivity contribution in [3.05, 3.63) is 0 Å². The number of rotatable bonds is 5. The second kappa shape index (κ2) is 10.8. The van der Waals surface area contributed by atoms with Gasteiger partial charge in [-0.15, -0.1) is 24.8 Å². The summed E-state index contributed by atoms with van der Waals surface area (Å²) in [6.07, 6.45) is 8.95. The van der Waals surface area contributed by atoms with Crippen LogP contribution in [0, 0.1) is 5.41 Å². The summed E-state index contributed by atoms with van der Waals surface area (Å²) in [7, 11) is 2.00. The van der Waals surface area contributed by atoms with Gasteiger partial charge in [0.1, 0.15) is 0 Å². The monoisotopic (exact) mass is 367 g/mol. The fourth-order valence-corrected chi connectivity index (χ4v) is 4.03. The average molecular weight is 368 g/mol. The normalized spacial score (nSPS) is 21.9. The van der Waals surface area contributed by atoms with Crippen molar-refractivity contribution in [3.8, 4) is 0 Å². The topological polar surface area (TPSA) is 49.6 Å². The number of carbonyl (C=O) groups is 1. The van der Waals surface area contributed by atoms with Gasteiger partial charge in [-0.3, -0.25) is 4.79 Å². The molecule has 1 saturated carbocycles. The smallest absolute Gasteiger partial charge is 0.223 e. The van der Waals surface area contributed by atoms with E-state index in [0.29, 0.717) is 24.9 Å². The Morgan fingerprint density at radius 2 is 1.74 bits per heavy atom. The van der Waals surface area contributed by atoms with Gasteiger partial charge in [-0.1, -0.05) is 26.2 Å². The Morgan fingerprint density at radius 1 is 1.17 bits per heavy atom. The molecule has 0 atom stereocenters. The number of halogens is 2. The number of carbonyl (C=O) groups excluding carboxylic acids is 1. The molecule has 4 nitrogen and oxygen atoms in total. The summed E-state index contributed by atoms with van der Waals surface area (Å²) in [5, 5.41) is 0. The van der Waals surface area contributed by atoms with Gasteiger partial charge in [-0.2, -0.15) is 0 Å². The SMILES string of the molecule is CCN1CCC(N(C)C(=O)CC2(CN)CCCCC2)CC1.Cl.Cl. The van der Waals surface area contributed by atoms with Gasteiger partial charge in [-0.05, 0) is 44.2 Å². The fraction of sp³-hybridized carbons (Fsp3) is 0.941. The maximum absolute atomic E-state index is 12.7. The minimum atomic E-state index is 0. The van der Waals surface area contributed by atoms with Crippen LogP contribution in [0.2, 0.25) is 0 Å². The largest absolute Gasteiger partial charge is 0.343 e. The highest BCUT2D eigenvalue weighted by atomic mass is 35.5. The lowest BCUT2D eigenvalue weighted by molar-refractivity contribution is -0.135. The van der Waals surface area contributed by atoms with Crippen LogP contribution in [0.4, 0.5) is 0 Å². The summed E-state index contributed by atoms with van der Waals surface area (Å²) in [5.41, 5.74) is 6.11. The van der Waals surface area contributed by atoms with Crippen LogP contribution >= 0.6 is 24.8 Å². The van der Waals surface area contributed by atoms with E-state index in [1.807, 2.05) is 11.9 Å². The summed E-state index contributed by atoms with van der Waals surface area (Å²) >= 11 is 0. The number of piperidine rings is 1. The molecule has 1 saturated heterocycles. The predicted molar refractivity (Wildman–Crippen MR) is 102 cm³/mol. The summed E-state index contributed by atoms with van der Waals surface area (Å²) in [6.45, 7) is 6.26. The van der Waals surface area contributed by atoms with Crippen LogP contribution in [0.3, 0.4) is 0 Å². The number of nitrogens with two attached hydrogens (primary N) is 1. The van der Waals surface area contributed by atoms with Gasteiger partial charge >= 0.3 is 0 Å². The van der Waals surface area contributed by atoms with E-state index in [2.05, 4.69) is 11.8 Å². The number of hydrogen-bond donors (Lipinski definition) is 1. The van der Waals surface area contributed by atoms with Crippen molar-refractivity contribution >= 4 is 30.7 Å². The third kappa shape index (κ3) is 6.08. The van der Waals surface area contributed by atoms with Crippen molar-refractivity contribution in [3.63, 3.8) is 0 Å². The van der Waals surface area contributed by atoms with Gasteiger partial charge in [0.05, 0.1) is 0 Å². The van der Waals surface area contributed by atoms with E-state index in [9.17, 15) is 4.79 Å². The second-order valence-corrected chi connectivity index (χ2v) is 7.11. The van der Waals surface area contributed by atoms with Crippen molar-refractivity contribution < 1.29 is 4.79 Å². The molecule has 2 aliphatic rings. The molecule has 1 aliphatic carbocycles. The molecule has 1 heterocycles. The highest BCUT2D eigenvalue weighted by molar-refractivity contribution is 5.85. The van der Waals surface area contributed by atoms with Gasteiger partial charge in [0.25, 0.3) is 0 Å². The lowest BCUT2D eigenvalue weighted by Gasteiger charge is -2.40. The Bertz CT molecular complexity index is 341. The molecule has 0 radical (unpaired) electrons. The Kier molecular flexibility index (Phi) is 10.7. The summed E-state index contributed by atoms with van der Waals surface area (Å²) in [4.78, 5) is 17.2. The summed E-state index contributed by atoms with van der Waals surface area (Å²) < 4.78 is 0. The van der Waals surface area contributed by atoms with Gasteiger partial charge in [0.15, 0.2) is 0 Å². The minimum Gasteiger partial charge on any atom is -0.343 e. The van der Waals surface area contributed by atoms with Crippen molar-refractivity contribution in [2.45, 2.75) is 64.3 Å². The highest BCUT2D eigenvalue weighted by Gasteiger charge is 2.35. The van der Waals surface area contributed by atoms with Gasteiger partial charge in [-0.25, -0.2) is 0 Å². The molecule has 0 aromatic rings. The van der Waals surface area contributed by atoms with Crippen LogP contribution in [0.1, 0.15) is 58.3 Å². The Balaban J connectivity index is 0.00000242. The quantitative estimate of drug-likeness (QED) is 0.811. The van der Waals surface area contributed by atoms with E-state index in [1.165, 1.54) is 19.3 Å². The number of likely N-dealkylation sites (tertiary alicyclic amines) is 1. The van der Waals surface area contributed by atoms with E-state index in [4.69, 9.17) is 5.73 Å². The first-order valence-electron chi connectivity index (χ1n) is 8.78.